The Morgan fingerprint density at radius 1 is 1.19 bits per heavy atom. The van der Waals surface area contributed by atoms with Crippen LogP contribution >= 0.6 is 22.9 Å². The Morgan fingerprint density at radius 2 is 2.00 bits per heavy atom. The number of aromatic nitrogens is 2. The van der Waals surface area contributed by atoms with Gasteiger partial charge in [-0.15, -0.1) is 0 Å². The van der Waals surface area contributed by atoms with Gasteiger partial charge in [-0.3, -0.25) is 19.2 Å². The second-order valence-electron chi connectivity index (χ2n) is 7.53. The molecule has 0 radical (unpaired) electrons. The van der Waals surface area contributed by atoms with Crippen LogP contribution in [0.2, 0.25) is 5.02 Å². The largest absolute Gasteiger partial charge is 0.420 e. The average molecular weight is 473 g/mol. The monoisotopic (exact) mass is 472 g/mol. The summed E-state index contributed by atoms with van der Waals surface area (Å²) in [5, 5.41) is 1.21. The standard InChI is InChI=1S/C22H21ClN4O4S/c23-15-5-6-16-19(13-15)32-21(24-16)26(8-7-25-9-11-30-12-10-25)20(28)14-27-17-3-1-2-4-18(17)31-22(27)29/h1-6,13H,7-12,14H2. The normalized spacial score (nSPS) is 14.9. The minimum atomic E-state index is -0.552. The molecule has 10 heteroatoms. The SMILES string of the molecule is O=C(Cn1c(=O)oc2ccccc21)N(CCN1CCOCC1)c1nc2ccc(Cl)cc2s1. The Morgan fingerprint density at radius 3 is 2.84 bits per heavy atom. The quantitative estimate of drug-likeness (QED) is 0.428. The number of nitrogens with zero attached hydrogens (tertiary/aromatic N) is 4. The number of carbonyl (C=O) groups is 1. The number of rotatable bonds is 6. The molecule has 0 aliphatic carbocycles. The number of fused-ring (bicyclic) bond motifs is 2. The molecule has 0 bridgehead atoms. The van der Waals surface area contributed by atoms with Crippen LogP contribution in [0.4, 0.5) is 5.13 Å². The predicted molar refractivity (Wildman–Crippen MR) is 125 cm³/mol. The van der Waals surface area contributed by atoms with Crippen molar-refractivity contribution in [3.8, 4) is 0 Å². The Bertz CT molecular complexity index is 1320. The van der Waals surface area contributed by atoms with Gasteiger partial charge in [0.15, 0.2) is 10.7 Å². The fourth-order valence-electron chi connectivity index (χ4n) is 3.78. The smallest absolute Gasteiger partial charge is 0.408 e. The van der Waals surface area contributed by atoms with Crippen molar-refractivity contribution in [3.63, 3.8) is 0 Å². The highest BCUT2D eigenvalue weighted by Gasteiger charge is 2.23. The lowest BCUT2D eigenvalue weighted by molar-refractivity contribution is -0.119. The zero-order valence-corrected chi connectivity index (χ0v) is 18.8. The highest BCUT2D eigenvalue weighted by atomic mass is 35.5. The summed E-state index contributed by atoms with van der Waals surface area (Å²) in [7, 11) is 0. The van der Waals surface area contributed by atoms with Crippen LogP contribution in [-0.2, 0) is 16.1 Å². The number of para-hydroxylation sites is 2. The van der Waals surface area contributed by atoms with E-state index < -0.39 is 5.76 Å². The van der Waals surface area contributed by atoms with E-state index in [-0.39, 0.29) is 12.5 Å². The minimum Gasteiger partial charge on any atom is -0.408 e. The molecule has 4 aromatic rings. The molecule has 3 heterocycles. The second kappa shape index (κ2) is 9.03. The summed E-state index contributed by atoms with van der Waals surface area (Å²) in [5.74, 6) is -0.777. The number of morpholine rings is 1. The van der Waals surface area contributed by atoms with E-state index in [1.165, 1.54) is 15.9 Å². The molecule has 2 aromatic heterocycles. The van der Waals surface area contributed by atoms with E-state index in [9.17, 15) is 9.59 Å². The van der Waals surface area contributed by atoms with E-state index in [4.69, 9.17) is 20.8 Å². The van der Waals surface area contributed by atoms with Gasteiger partial charge >= 0.3 is 5.76 Å². The number of ether oxygens (including phenoxy) is 1. The maximum atomic E-state index is 13.4. The molecule has 166 valence electrons. The van der Waals surface area contributed by atoms with Crippen molar-refractivity contribution < 1.29 is 13.9 Å². The van der Waals surface area contributed by atoms with Crippen LogP contribution in [0, 0.1) is 0 Å². The van der Waals surface area contributed by atoms with Crippen LogP contribution < -0.4 is 10.7 Å². The third kappa shape index (κ3) is 4.29. The van der Waals surface area contributed by atoms with Gasteiger partial charge in [0.1, 0.15) is 6.54 Å². The van der Waals surface area contributed by atoms with Crippen molar-refractivity contribution in [1.29, 1.82) is 0 Å². The number of amides is 1. The van der Waals surface area contributed by atoms with Gasteiger partial charge in [-0.1, -0.05) is 35.1 Å². The Labute approximate surface area is 192 Å². The summed E-state index contributed by atoms with van der Waals surface area (Å²) < 4.78 is 13.0. The molecule has 5 rings (SSSR count). The van der Waals surface area contributed by atoms with Gasteiger partial charge in [0.2, 0.25) is 5.91 Å². The number of hydrogen-bond donors (Lipinski definition) is 0. The maximum Gasteiger partial charge on any atom is 0.420 e. The van der Waals surface area contributed by atoms with Gasteiger partial charge in [-0.05, 0) is 30.3 Å². The first-order chi connectivity index (χ1) is 15.6. The first-order valence-corrected chi connectivity index (χ1v) is 11.5. The van der Waals surface area contributed by atoms with Crippen LogP contribution in [0.15, 0.2) is 51.7 Å². The number of benzene rings is 2. The van der Waals surface area contributed by atoms with Gasteiger partial charge < -0.3 is 9.15 Å². The highest BCUT2D eigenvalue weighted by molar-refractivity contribution is 7.22. The molecular weight excluding hydrogens is 452 g/mol. The molecule has 0 saturated carbocycles. The molecule has 0 N–H and O–H groups in total. The van der Waals surface area contributed by atoms with Gasteiger partial charge in [0, 0.05) is 31.2 Å². The van der Waals surface area contributed by atoms with Crippen molar-refractivity contribution in [3.05, 3.63) is 58.0 Å². The third-order valence-electron chi connectivity index (χ3n) is 5.48. The molecule has 0 spiro atoms. The zero-order valence-electron chi connectivity index (χ0n) is 17.2. The lowest BCUT2D eigenvalue weighted by Gasteiger charge is -2.29. The van der Waals surface area contributed by atoms with Crippen molar-refractivity contribution in [2.24, 2.45) is 0 Å². The topological polar surface area (TPSA) is 80.8 Å². The van der Waals surface area contributed by atoms with Gasteiger partial charge in [-0.2, -0.15) is 0 Å². The molecule has 1 aliphatic rings. The lowest BCUT2D eigenvalue weighted by Crippen LogP contribution is -2.44. The van der Waals surface area contributed by atoms with Crippen molar-refractivity contribution >= 4 is 55.3 Å². The summed E-state index contributed by atoms with van der Waals surface area (Å²) in [5.41, 5.74) is 1.83. The number of oxazole rings is 1. The van der Waals surface area contributed by atoms with Crippen molar-refractivity contribution in [2.45, 2.75) is 6.54 Å². The fourth-order valence-corrected chi connectivity index (χ4v) is 5.06. The van der Waals surface area contributed by atoms with E-state index in [1.807, 2.05) is 18.2 Å². The van der Waals surface area contributed by atoms with Crippen LogP contribution in [-0.4, -0.2) is 59.8 Å². The lowest BCUT2D eigenvalue weighted by atomic mass is 10.3. The molecule has 2 aromatic carbocycles. The number of halogens is 1. The summed E-state index contributed by atoms with van der Waals surface area (Å²) in [4.78, 5) is 34.4. The Kier molecular flexibility index (Phi) is 5.97. The molecule has 8 nitrogen and oxygen atoms in total. The number of thiazole rings is 1. The molecular formula is C22H21ClN4O4S. The summed E-state index contributed by atoms with van der Waals surface area (Å²) in [6, 6.07) is 12.6. The Hall–Kier alpha value is -2.72. The van der Waals surface area contributed by atoms with Gasteiger partial charge in [0.25, 0.3) is 0 Å². The molecule has 32 heavy (non-hydrogen) atoms. The fraction of sp³-hybridized carbons (Fsp3) is 0.318. The van der Waals surface area contributed by atoms with E-state index in [0.29, 0.717) is 47.6 Å². The number of carbonyl (C=O) groups excluding carboxylic acids is 1. The van der Waals surface area contributed by atoms with Crippen LogP contribution in [0.25, 0.3) is 21.3 Å². The van der Waals surface area contributed by atoms with Gasteiger partial charge in [-0.25, -0.2) is 9.78 Å². The molecule has 1 saturated heterocycles. The van der Waals surface area contributed by atoms with E-state index in [2.05, 4.69) is 9.88 Å². The first-order valence-electron chi connectivity index (χ1n) is 10.3. The Balaban J connectivity index is 1.45. The van der Waals surface area contributed by atoms with E-state index in [0.717, 1.165) is 23.3 Å². The van der Waals surface area contributed by atoms with E-state index >= 15 is 0 Å². The number of anilines is 1. The van der Waals surface area contributed by atoms with Crippen molar-refractivity contribution in [2.75, 3.05) is 44.3 Å². The van der Waals surface area contributed by atoms with Crippen LogP contribution in [0.3, 0.4) is 0 Å². The van der Waals surface area contributed by atoms with E-state index in [1.54, 1.807) is 29.2 Å². The predicted octanol–water partition coefficient (Wildman–Crippen LogP) is 3.22. The van der Waals surface area contributed by atoms with Gasteiger partial charge in [0.05, 0.1) is 28.9 Å². The summed E-state index contributed by atoms with van der Waals surface area (Å²) in [6.07, 6.45) is 0. The molecule has 1 fully saturated rings. The second-order valence-corrected chi connectivity index (χ2v) is 8.98. The zero-order chi connectivity index (χ0) is 22.1. The van der Waals surface area contributed by atoms with Crippen molar-refractivity contribution in [1.82, 2.24) is 14.5 Å². The third-order valence-corrected chi connectivity index (χ3v) is 6.76. The highest BCUT2D eigenvalue weighted by Crippen LogP contribution is 2.31. The average Bonchev–Trinajstić information content (AvgIpc) is 3.35. The number of hydrogen-bond acceptors (Lipinski definition) is 7. The molecule has 0 atom stereocenters. The van der Waals surface area contributed by atoms with Crippen LogP contribution in [0.1, 0.15) is 0 Å². The molecule has 0 unspecified atom stereocenters. The van der Waals surface area contributed by atoms with Crippen LogP contribution in [0.5, 0.6) is 0 Å². The first kappa shape index (κ1) is 21.1. The minimum absolute atomic E-state index is 0.129. The summed E-state index contributed by atoms with van der Waals surface area (Å²) in [6.45, 7) is 4.03. The maximum absolute atomic E-state index is 13.4. The summed E-state index contributed by atoms with van der Waals surface area (Å²) >= 11 is 7.54. The molecule has 1 aliphatic heterocycles. The molecule has 1 amide bonds.